The molecule has 1 saturated carbocycles. The van der Waals surface area contributed by atoms with E-state index in [0.29, 0.717) is 18.3 Å². The highest BCUT2D eigenvalue weighted by Crippen LogP contribution is 2.42. The Hall–Kier alpha value is -2.22. The molecule has 2 aromatic heterocycles. The first-order valence-electron chi connectivity index (χ1n) is 7.06. The summed E-state index contributed by atoms with van der Waals surface area (Å²) in [5.41, 5.74) is 8.01. The van der Waals surface area contributed by atoms with Gasteiger partial charge in [0, 0.05) is 24.2 Å². The third-order valence-corrected chi connectivity index (χ3v) is 3.59. The molecule has 104 valence electrons. The maximum atomic E-state index is 6.24. The van der Waals surface area contributed by atoms with E-state index in [2.05, 4.69) is 17.9 Å². The summed E-state index contributed by atoms with van der Waals surface area (Å²) < 4.78 is 3.88. The fourth-order valence-corrected chi connectivity index (χ4v) is 2.44. The minimum atomic E-state index is 0.480. The van der Waals surface area contributed by atoms with E-state index >= 15 is 0 Å². The van der Waals surface area contributed by atoms with E-state index in [9.17, 15) is 0 Å². The van der Waals surface area contributed by atoms with Gasteiger partial charge in [-0.15, -0.1) is 6.42 Å². The van der Waals surface area contributed by atoms with E-state index in [-0.39, 0.29) is 0 Å². The van der Waals surface area contributed by atoms with Gasteiger partial charge in [-0.25, -0.2) is 4.98 Å². The van der Waals surface area contributed by atoms with Gasteiger partial charge in [-0.3, -0.25) is 4.68 Å². The van der Waals surface area contributed by atoms with Gasteiger partial charge in [-0.05, 0) is 19.3 Å². The zero-order chi connectivity index (χ0) is 14.1. The highest BCUT2D eigenvalue weighted by Gasteiger charge is 2.31. The lowest BCUT2D eigenvalue weighted by molar-refractivity contribution is 0.603. The SMILES string of the molecule is C#CCn1c(C2CC2)nc(-c2cnn(CCC)c2)c1N. The van der Waals surface area contributed by atoms with Crippen molar-refractivity contribution < 1.29 is 0 Å². The topological polar surface area (TPSA) is 61.7 Å². The molecule has 2 heterocycles. The van der Waals surface area contributed by atoms with Crippen LogP contribution in [0.3, 0.4) is 0 Å². The first-order valence-corrected chi connectivity index (χ1v) is 7.06. The molecule has 0 aromatic carbocycles. The van der Waals surface area contributed by atoms with Crippen LogP contribution in [0.15, 0.2) is 12.4 Å². The number of hydrogen-bond donors (Lipinski definition) is 1. The van der Waals surface area contributed by atoms with Crippen LogP contribution in [0.25, 0.3) is 11.3 Å². The molecule has 0 amide bonds. The summed E-state index contributed by atoms with van der Waals surface area (Å²) in [5, 5.41) is 4.34. The average Bonchev–Trinajstić information content (AvgIpc) is 3.10. The molecule has 1 fully saturated rings. The molecule has 1 aliphatic carbocycles. The standard InChI is InChI=1S/C15H19N5/c1-3-7-19-10-12(9-17-19)13-14(16)20(8-4-2)15(18-13)11-5-6-11/h2,9-11H,3,5-8,16H2,1H3. The molecule has 0 unspecified atom stereocenters. The molecule has 1 aliphatic rings. The number of nitrogens with zero attached hydrogens (tertiary/aromatic N) is 4. The summed E-state index contributed by atoms with van der Waals surface area (Å²) in [5.74, 6) is 4.86. The van der Waals surface area contributed by atoms with Gasteiger partial charge < -0.3 is 10.3 Å². The number of hydrogen-bond acceptors (Lipinski definition) is 3. The average molecular weight is 269 g/mol. The summed E-state index contributed by atoms with van der Waals surface area (Å²) in [4.78, 5) is 4.72. The van der Waals surface area contributed by atoms with Crippen LogP contribution in [0.5, 0.6) is 0 Å². The van der Waals surface area contributed by atoms with Crippen molar-refractivity contribution in [2.24, 2.45) is 0 Å². The first-order chi connectivity index (χ1) is 9.74. The Bertz CT molecular complexity index is 654. The number of aryl methyl sites for hydroxylation is 1. The van der Waals surface area contributed by atoms with E-state index in [1.165, 1.54) is 12.8 Å². The molecular formula is C15H19N5. The van der Waals surface area contributed by atoms with Gasteiger partial charge in [0.25, 0.3) is 0 Å². The summed E-state index contributed by atoms with van der Waals surface area (Å²) in [7, 11) is 0. The van der Waals surface area contributed by atoms with Crippen molar-refractivity contribution in [3.8, 4) is 23.6 Å². The van der Waals surface area contributed by atoms with Crippen LogP contribution in [0, 0.1) is 12.3 Å². The van der Waals surface area contributed by atoms with Crippen LogP contribution >= 0.6 is 0 Å². The largest absolute Gasteiger partial charge is 0.383 e. The van der Waals surface area contributed by atoms with Crippen molar-refractivity contribution in [3.63, 3.8) is 0 Å². The van der Waals surface area contributed by atoms with Crippen LogP contribution in [-0.4, -0.2) is 19.3 Å². The monoisotopic (exact) mass is 269 g/mol. The van der Waals surface area contributed by atoms with Crippen LogP contribution in [0.1, 0.15) is 37.9 Å². The molecule has 3 rings (SSSR count). The molecule has 0 saturated heterocycles. The van der Waals surface area contributed by atoms with Gasteiger partial charge in [0.05, 0.1) is 12.7 Å². The minimum Gasteiger partial charge on any atom is -0.383 e. The quantitative estimate of drug-likeness (QED) is 0.847. The molecule has 0 spiro atoms. The van der Waals surface area contributed by atoms with Crippen molar-refractivity contribution >= 4 is 5.82 Å². The van der Waals surface area contributed by atoms with Gasteiger partial charge in [0.2, 0.25) is 0 Å². The number of imidazole rings is 1. The summed E-state index contributed by atoms with van der Waals surface area (Å²) in [6, 6.07) is 0. The van der Waals surface area contributed by atoms with Crippen molar-refractivity contribution in [2.45, 2.75) is 45.2 Å². The number of aromatic nitrogens is 4. The van der Waals surface area contributed by atoms with Crippen LogP contribution in [0.4, 0.5) is 5.82 Å². The summed E-state index contributed by atoms with van der Waals surface area (Å²) in [6.45, 7) is 3.51. The number of anilines is 1. The molecule has 0 atom stereocenters. The lowest BCUT2D eigenvalue weighted by atomic mass is 10.2. The van der Waals surface area contributed by atoms with Crippen LogP contribution in [-0.2, 0) is 13.1 Å². The molecule has 2 N–H and O–H groups in total. The maximum Gasteiger partial charge on any atom is 0.132 e. The molecule has 20 heavy (non-hydrogen) atoms. The van der Waals surface area contributed by atoms with Gasteiger partial charge >= 0.3 is 0 Å². The molecule has 5 heteroatoms. The minimum absolute atomic E-state index is 0.480. The molecule has 0 bridgehead atoms. The smallest absolute Gasteiger partial charge is 0.132 e. The Labute approximate surface area is 118 Å². The van der Waals surface area contributed by atoms with Gasteiger partial charge in [-0.1, -0.05) is 12.8 Å². The molecule has 0 aliphatic heterocycles. The van der Waals surface area contributed by atoms with Crippen LogP contribution < -0.4 is 5.73 Å². The van der Waals surface area contributed by atoms with E-state index < -0.39 is 0 Å². The highest BCUT2D eigenvalue weighted by molar-refractivity contribution is 5.70. The molecule has 5 nitrogen and oxygen atoms in total. The second kappa shape index (κ2) is 5.04. The third kappa shape index (κ3) is 2.18. The predicted octanol–water partition coefficient (Wildman–Crippen LogP) is 2.25. The van der Waals surface area contributed by atoms with Crippen molar-refractivity contribution in [3.05, 3.63) is 18.2 Å². The lowest BCUT2D eigenvalue weighted by Crippen LogP contribution is -2.05. The van der Waals surface area contributed by atoms with E-state index in [4.69, 9.17) is 17.1 Å². The normalized spacial score (nSPS) is 14.4. The third-order valence-electron chi connectivity index (χ3n) is 3.59. The molecule has 0 radical (unpaired) electrons. The number of nitrogen functional groups attached to an aromatic ring is 1. The fourth-order valence-electron chi connectivity index (χ4n) is 2.44. The summed E-state index contributed by atoms with van der Waals surface area (Å²) in [6.07, 6.45) is 12.7. The predicted molar refractivity (Wildman–Crippen MR) is 79.0 cm³/mol. The molecule has 2 aromatic rings. The summed E-state index contributed by atoms with van der Waals surface area (Å²) >= 11 is 0. The van der Waals surface area contributed by atoms with E-state index in [1.807, 2.05) is 21.6 Å². The Kier molecular flexibility index (Phi) is 3.23. The number of nitrogens with two attached hydrogens (primary N) is 1. The zero-order valence-electron chi connectivity index (χ0n) is 11.7. The van der Waals surface area contributed by atoms with Gasteiger partial charge in [0.15, 0.2) is 0 Å². The van der Waals surface area contributed by atoms with Gasteiger partial charge in [-0.2, -0.15) is 5.10 Å². The Morgan fingerprint density at radius 3 is 2.95 bits per heavy atom. The first kappa shape index (κ1) is 12.8. The Balaban J connectivity index is 2.00. The molecular weight excluding hydrogens is 250 g/mol. The Morgan fingerprint density at radius 2 is 2.30 bits per heavy atom. The zero-order valence-corrected chi connectivity index (χ0v) is 11.7. The Morgan fingerprint density at radius 1 is 1.50 bits per heavy atom. The lowest BCUT2D eigenvalue weighted by Gasteiger charge is -2.04. The van der Waals surface area contributed by atoms with Crippen LogP contribution in [0.2, 0.25) is 0 Å². The maximum absolute atomic E-state index is 6.24. The number of terminal acetylenes is 1. The second-order valence-corrected chi connectivity index (χ2v) is 5.26. The van der Waals surface area contributed by atoms with Crippen molar-refractivity contribution in [1.82, 2.24) is 19.3 Å². The van der Waals surface area contributed by atoms with Crippen molar-refractivity contribution in [2.75, 3.05) is 5.73 Å². The van der Waals surface area contributed by atoms with Gasteiger partial charge in [0.1, 0.15) is 17.3 Å². The number of rotatable bonds is 5. The highest BCUT2D eigenvalue weighted by atomic mass is 15.3. The second-order valence-electron chi connectivity index (χ2n) is 5.26. The van der Waals surface area contributed by atoms with E-state index in [0.717, 1.165) is 30.0 Å². The van der Waals surface area contributed by atoms with E-state index in [1.54, 1.807) is 0 Å². The fraction of sp³-hybridized carbons (Fsp3) is 0.467. The van der Waals surface area contributed by atoms with Crippen molar-refractivity contribution in [1.29, 1.82) is 0 Å².